The summed E-state index contributed by atoms with van der Waals surface area (Å²) in [6, 6.07) is 13.0. The van der Waals surface area contributed by atoms with Crippen LogP contribution in [0.25, 0.3) is 0 Å². The third-order valence-electron chi connectivity index (χ3n) is 4.20. The summed E-state index contributed by atoms with van der Waals surface area (Å²) in [6.07, 6.45) is 0.961. The minimum Gasteiger partial charge on any atom is -0.494 e. The van der Waals surface area contributed by atoms with Crippen LogP contribution in [0.5, 0.6) is 23.0 Å². The highest BCUT2D eigenvalue weighted by Gasteiger charge is 2.17. The lowest BCUT2D eigenvalue weighted by atomic mass is 10.2. The third kappa shape index (κ3) is 5.06. The number of likely N-dealkylation sites (N-methyl/N-ethyl adjacent to an activating group) is 1. The first-order valence-corrected chi connectivity index (χ1v) is 9.21. The van der Waals surface area contributed by atoms with Crippen LogP contribution in [-0.4, -0.2) is 37.4 Å². The molecule has 0 aliphatic carbocycles. The smallest absolute Gasteiger partial charge is 0.260 e. The van der Waals surface area contributed by atoms with Gasteiger partial charge in [0.25, 0.3) is 5.91 Å². The Bertz CT molecular complexity index is 760. The maximum absolute atomic E-state index is 12.5. The minimum atomic E-state index is -0.0681. The number of fused-ring (bicyclic) bond motifs is 1. The maximum atomic E-state index is 12.5. The van der Waals surface area contributed by atoms with Crippen molar-refractivity contribution < 1.29 is 23.7 Å². The van der Waals surface area contributed by atoms with Crippen molar-refractivity contribution in [3.8, 4) is 23.0 Å². The molecule has 2 aromatic carbocycles. The quantitative estimate of drug-likeness (QED) is 0.674. The first-order chi connectivity index (χ1) is 13.2. The molecule has 0 atom stereocenters. The number of carbonyl (C=O) groups is 1. The second kappa shape index (κ2) is 9.16. The third-order valence-corrected chi connectivity index (χ3v) is 4.20. The molecular weight excluding hydrogens is 346 g/mol. The molecule has 6 nitrogen and oxygen atoms in total. The molecule has 144 valence electrons. The van der Waals surface area contributed by atoms with Crippen LogP contribution in [0.2, 0.25) is 0 Å². The predicted octanol–water partition coefficient (Wildman–Crippen LogP) is 3.63. The molecule has 0 saturated heterocycles. The Labute approximate surface area is 159 Å². The van der Waals surface area contributed by atoms with Crippen molar-refractivity contribution in [1.29, 1.82) is 0 Å². The van der Waals surface area contributed by atoms with Gasteiger partial charge in [-0.3, -0.25) is 4.79 Å². The Morgan fingerprint density at radius 3 is 2.41 bits per heavy atom. The van der Waals surface area contributed by atoms with Gasteiger partial charge in [-0.15, -0.1) is 0 Å². The summed E-state index contributed by atoms with van der Waals surface area (Å²) < 4.78 is 21.9. The van der Waals surface area contributed by atoms with Gasteiger partial charge in [-0.1, -0.05) is 13.0 Å². The molecule has 1 aliphatic rings. The number of hydrogen-bond acceptors (Lipinski definition) is 5. The van der Waals surface area contributed by atoms with E-state index >= 15 is 0 Å². The Hall–Kier alpha value is -2.89. The van der Waals surface area contributed by atoms with E-state index in [9.17, 15) is 4.79 Å². The molecule has 0 N–H and O–H groups in total. The second-order valence-corrected chi connectivity index (χ2v) is 6.20. The lowest BCUT2D eigenvalue weighted by Crippen LogP contribution is -2.34. The molecule has 2 aromatic rings. The number of nitrogens with zero attached hydrogens (tertiary/aromatic N) is 1. The summed E-state index contributed by atoms with van der Waals surface area (Å²) >= 11 is 0. The molecule has 27 heavy (non-hydrogen) atoms. The summed E-state index contributed by atoms with van der Waals surface area (Å²) in [5.41, 5.74) is 0.992. The molecular formula is C21H25NO5. The summed E-state index contributed by atoms with van der Waals surface area (Å²) in [6.45, 7) is 6.03. The predicted molar refractivity (Wildman–Crippen MR) is 101 cm³/mol. The molecule has 6 heteroatoms. The Balaban J connectivity index is 1.52. The topological polar surface area (TPSA) is 57.2 Å². The van der Waals surface area contributed by atoms with Crippen molar-refractivity contribution in [2.45, 2.75) is 26.8 Å². The lowest BCUT2D eigenvalue weighted by molar-refractivity contribution is -0.133. The van der Waals surface area contributed by atoms with Gasteiger partial charge in [0.15, 0.2) is 18.1 Å². The molecule has 0 radical (unpaired) electrons. The molecule has 0 saturated carbocycles. The van der Waals surface area contributed by atoms with Crippen molar-refractivity contribution in [2.75, 3.05) is 26.6 Å². The monoisotopic (exact) mass is 371 g/mol. The van der Waals surface area contributed by atoms with E-state index in [0.717, 1.165) is 29.2 Å². The van der Waals surface area contributed by atoms with Gasteiger partial charge in [0.05, 0.1) is 6.61 Å². The summed E-state index contributed by atoms with van der Waals surface area (Å²) in [5.74, 6) is 2.83. The highest BCUT2D eigenvalue weighted by Crippen LogP contribution is 2.32. The SMILES string of the molecule is CCCOc1ccc(OCC(=O)N(CC)Cc2ccc3c(c2)OCO3)cc1. The summed E-state index contributed by atoms with van der Waals surface area (Å²) in [5, 5.41) is 0. The average Bonchev–Trinajstić information content (AvgIpc) is 3.17. The van der Waals surface area contributed by atoms with Crippen LogP contribution in [0.1, 0.15) is 25.8 Å². The van der Waals surface area contributed by atoms with Crippen LogP contribution in [0, 0.1) is 0 Å². The fourth-order valence-electron chi connectivity index (χ4n) is 2.72. The van der Waals surface area contributed by atoms with E-state index in [1.807, 2.05) is 49.4 Å². The Kier molecular flexibility index (Phi) is 6.41. The summed E-state index contributed by atoms with van der Waals surface area (Å²) in [4.78, 5) is 14.3. The van der Waals surface area contributed by atoms with Crippen LogP contribution < -0.4 is 18.9 Å². The number of rotatable bonds is 9. The van der Waals surface area contributed by atoms with Crippen LogP contribution in [0.4, 0.5) is 0 Å². The van der Waals surface area contributed by atoms with E-state index in [1.54, 1.807) is 4.90 Å². The zero-order chi connectivity index (χ0) is 19.1. The normalized spacial score (nSPS) is 11.9. The number of benzene rings is 2. The fraction of sp³-hybridized carbons (Fsp3) is 0.381. The van der Waals surface area contributed by atoms with Crippen molar-refractivity contribution in [3.63, 3.8) is 0 Å². The van der Waals surface area contributed by atoms with E-state index in [2.05, 4.69) is 6.92 Å². The van der Waals surface area contributed by atoms with Gasteiger partial charge in [0, 0.05) is 13.1 Å². The lowest BCUT2D eigenvalue weighted by Gasteiger charge is -2.21. The molecule has 0 fully saturated rings. The first-order valence-electron chi connectivity index (χ1n) is 9.21. The standard InChI is InChI=1S/C21H25NO5/c1-3-11-24-17-6-8-18(9-7-17)25-14-21(23)22(4-2)13-16-5-10-19-20(12-16)27-15-26-19/h5-10,12H,3-4,11,13-15H2,1-2H3. The van der Waals surface area contributed by atoms with Crippen molar-refractivity contribution in [1.82, 2.24) is 4.90 Å². The van der Waals surface area contributed by atoms with E-state index < -0.39 is 0 Å². The van der Waals surface area contributed by atoms with Crippen LogP contribution >= 0.6 is 0 Å². The number of ether oxygens (including phenoxy) is 4. The fourth-order valence-corrected chi connectivity index (χ4v) is 2.72. The highest BCUT2D eigenvalue weighted by atomic mass is 16.7. The van der Waals surface area contributed by atoms with Gasteiger partial charge in [-0.05, 0) is 55.3 Å². The van der Waals surface area contributed by atoms with E-state index in [-0.39, 0.29) is 19.3 Å². The molecule has 0 aromatic heterocycles. The van der Waals surface area contributed by atoms with Crippen LogP contribution in [0.3, 0.4) is 0 Å². The molecule has 1 aliphatic heterocycles. The largest absolute Gasteiger partial charge is 0.494 e. The maximum Gasteiger partial charge on any atom is 0.260 e. The first kappa shape index (κ1) is 18.9. The number of amides is 1. The molecule has 0 spiro atoms. The van der Waals surface area contributed by atoms with Gasteiger partial charge in [0.2, 0.25) is 6.79 Å². The van der Waals surface area contributed by atoms with Crippen molar-refractivity contribution >= 4 is 5.91 Å². The van der Waals surface area contributed by atoms with E-state index in [1.165, 1.54) is 0 Å². The average molecular weight is 371 g/mol. The number of carbonyl (C=O) groups excluding carboxylic acids is 1. The second-order valence-electron chi connectivity index (χ2n) is 6.20. The van der Waals surface area contributed by atoms with Gasteiger partial charge >= 0.3 is 0 Å². The summed E-state index contributed by atoms with van der Waals surface area (Å²) in [7, 11) is 0. The molecule has 0 bridgehead atoms. The zero-order valence-electron chi connectivity index (χ0n) is 15.8. The Morgan fingerprint density at radius 1 is 1.00 bits per heavy atom. The van der Waals surface area contributed by atoms with Crippen molar-refractivity contribution in [2.24, 2.45) is 0 Å². The molecule has 3 rings (SSSR count). The van der Waals surface area contributed by atoms with E-state index in [0.29, 0.717) is 25.4 Å². The van der Waals surface area contributed by atoms with Gasteiger partial charge in [0.1, 0.15) is 11.5 Å². The van der Waals surface area contributed by atoms with Crippen LogP contribution in [0.15, 0.2) is 42.5 Å². The highest BCUT2D eigenvalue weighted by molar-refractivity contribution is 5.77. The zero-order valence-corrected chi connectivity index (χ0v) is 15.8. The van der Waals surface area contributed by atoms with Gasteiger partial charge in [-0.25, -0.2) is 0 Å². The molecule has 0 unspecified atom stereocenters. The molecule has 1 amide bonds. The molecule has 1 heterocycles. The van der Waals surface area contributed by atoms with Crippen LogP contribution in [-0.2, 0) is 11.3 Å². The van der Waals surface area contributed by atoms with Gasteiger partial charge < -0.3 is 23.8 Å². The van der Waals surface area contributed by atoms with E-state index in [4.69, 9.17) is 18.9 Å². The van der Waals surface area contributed by atoms with Crippen molar-refractivity contribution in [3.05, 3.63) is 48.0 Å². The minimum absolute atomic E-state index is 0.00639. The number of hydrogen-bond donors (Lipinski definition) is 0. The Morgan fingerprint density at radius 2 is 1.70 bits per heavy atom. The van der Waals surface area contributed by atoms with Gasteiger partial charge in [-0.2, -0.15) is 0 Å².